The van der Waals surface area contributed by atoms with E-state index in [9.17, 15) is 0 Å². The highest BCUT2D eigenvalue weighted by molar-refractivity contribution is 6.00. The summed E-state index contributed by atoms with van der Waals surface area (Å²) in [7, 11) is 3.57. The van der Waals surface area contributed by atoms with E-state index in [1.807, 2.05) is 56.0 Å². The number of ether oxygens (including phenoxy) is 1. The number of aliphatic imine (C=N–C) groups is 1. The van der Waals surface area contributed by atoms with Crippen LogP contribution in [0.3, 0.4) is 0 Å². The second-order valence-electron chi connectivity index (χ2n) is 4.17. The third kappa shape index (κ3) is 2.27. The summed E-state index contributed by atoms with van der Waals surface area (Å²) in [6, 6.07) is 7.73. The van der Waals surface area contributed by atoms with Gasteiger partial charge < -0.3 is 4.74 Å². The summed E-state index contributed by atoms with van der Waals surface area (Å²) in [6.07, 6.45) is 1.84. The van der Waals surface area contributed by atoms with Gasteiger partial charge in [-0.2, -0.15) is 5.10 Å². The lowest BCUT2D eigenvalue weighted by Gasteiger charge is -2.06. The van der Waals surface area contributed by atoms with E-state index < -0.39 is 0 Å². The molecular formula is C14H17N3O. The molecule has 0 aliphatic carbocycles. The summed E-state index contributed by atoms with van der Waals surface area (Å²) in [6.45, 7) is 4.01. The topological polar surface area (TPSA) is 39.4 Å². The lowest BCUT2D eigenvalue weighted by Crippen LogP contribution is -2.05. The first-order valence-corrected chi connectivity index (χ1v) is 5.80. The van der Waals surface area contributed by atoms with Crippen LogP contribution in [0.1, 0.15) is 18.2 Å². The van der Waals surface area contributed by atoms with Gasteiger partial charge in [-0.3, -0.25) is 4.68 Å². The lowest BCUT2D eigenvalue weighted by molar-refractivity contribution is 0.416. The molecule has 2 aromatic rings. The third-order valence-corrected chi connectivity index (χ3v) is 2.84. The molecule has 0 N–H and O–H groups in total. The summed E-state index contributed by atoms with van der Waals surface area (Å²) in [5.41, 5.74) is 3.92. The van der Waals surface area contributed by atoms with Crippen LogP contribution in [-0.4, -0.2) is 22.6 Å². The molecule has 0 saturated carbocycles. The number of aromatic nitrogens is 2. The Morgan fingerprint density at radius 2 is 2.06 bits per heavy atom. The van der Waals surface area contributed by atoms with Crippen LogP contribution in [0.5, 0.6) is 5.75 Å². The molecular weight excluding hydrogens is 226 g/mol. The molecule has 0 radical (unpaired) electrons. The van der Waals surface area contributed by atoms with Crippen molar-refractivity contribution < 1.29 is 4.74 Å². The predicted octanol–water partition coefficient (Wildman–Crippen LogP) is 2.88. The van der Waals surface area contributed by atoms with Crippen LogP contribution in [0, 0.1) is 6.92 Å². The molecule has 4 nitrogen and oxygen atoms in total. The summed E-state index contributed by atoms with van der Waals surface area (Å²) < 4.78 is 7.13. The molecule has 0 aliphatic heterocycles. The van der Waals surface area contributed by atoms with Gasteiger partial charge in [-0.15, -0.1) is 0 Å². The fourth-order valence-electron chi connectivity index (χ4n) is 2.02. The van der Waals surface area contributed by atoms with Crippen molar-refractivity contribution in [1.29, 1.82) is 0 Å². The van der Waals surface area contributed by atoms with E-state index in [1.54, 1.807) is 7.11 Å². The molecule has 1 heterocycles. The van der Waals surface area contributed by atoms with Crippen LogP contribution >= 0.6 is 0 Å². The fourth-order valence-corrected chi connectivity index (χ4v) is 2.02. The highest BCUT2D eigenvalue weighted by Gasteiger charge is 2.09. The Morgan fingerprint density at radius 3 is 2.67 bits per heavy atom. The zero-order valence-electron chi connectivity index (χ0n) is 11.1. The fraction of sp³-hybridized carbons (Fsp3) is 0.286. The molecule has 94 valence electrons. The zero-order chi connectivity index (χ0) is 13.1. The number of nitrogens with zero attached hydrogens (tertiary/aromatic N) is 3. The monoisotopic (exact) mass is 243 g/mol. The number of aryl methyl sites for hydroxylation is 2. The van der Waals surface area contributed by atoms with E-state index in [0.29, 0.717) is 0 Å². The van der Waals surface area contributed by atoms with Crippen molar-refractivity contribution in [2.45, 2.75) is 13.8 Å². The highest BCUT2D eigenvalue weighted by Crippen LogP contribution is 2.27. The zero-order valence-corrected chi connectivity index (χ0v) is 11.1. The molecule has 4 heteroatoms. The van der Waals surface area contributed by atoms with E-state index in [2.05, 4.69) is 10.1 Å². The van der Waals surface area contributed by atoms with Crippen LogP contribution in [-0.2, 0) is 7.05 Å². The summed E-state index contributed by atoms with van der Waals surface area (Å²) in [5, 5.41) is 4.23. The number of methoxy groups -OCH3 is 1. The minimum absolute atomic E-state index is 0.775. The molecule has 0 saturated heterocycles. The first-order chi connectivity index (χ1) is 8.63. The minimum Gasteiger partial charge on any atom is -0.494 e. The summed E-state index contributed by atoms with van der Waals surface area (Å²) >= 11 is 0. The van der Waals surface area contributed by atoms with Crippen molar-refractivity contribution in [3.8, 4) is 5.75 Å². The molecule has 0 bridgehead atoms. The second kappa shape index (κ2) is 5.04. The van der Waals surface area contributed by atoms with E-state index >= 15 is 0 Å². The SMILES string of the molecule is COc1ccccc1N=C(C)c1c(C)cnn1C. The van der Waals surface area contributed by atoms with E-state index in [-0.39, 0.29) is 0 Å². The van der Waals surface area contributed by atoms with Crippen molar-refractivity contribution >= 4 is 11.4 Å². The van der Waals surface area contributed by atoms with Gasteiger partial charge in [0.1, 0.15) is 11.4 Å². The lowest BCUT2D eigenvalue weighted by atomic mass is 10.2. The number of hydrogen-bond donors (Lipinski definition) is 0. The number of para-hydroxylation sites is 2. The number of rotatable bonds is 3. The molecule has 2 rings (SSSR count). The van der Waals surface area contributed by atoms with Gasteiger partial charge in [0.2, 0.25) is 0 Å². The van der Waals surface area contributed by atoms with Crippen LogP contribution in [0.25, 0.3) is 0 Å². The van der Waals surface area contributed by atoms with Gasteiger partial charge in [-0.25, -0.2) is 4.99 Å². The first-order valence-electron chi connectivity index (χ1n) is 5.80. The second-order valence-corrected chi connectivity index (χ2v) is 4.17. The van der Waals surface area contributed by atoms with Crippen molar-refractivity contribution in [2.75, 3.05) is 7.11 Å². The molecule has 0 atom stereocenters. The molecule has 0 aliphatic rings. The van der Waals surface area contributed by atoms with Crippen LogP contribution in [0.2, 0.25) is 0 Å². The molecule has 0 fully saturated rings. The maximum Gasteiger partial charge on any atom is 0.144 e. The van der Waals surface area contributed by atoms with Gasteiger partial charge in [0, 0.05) is 7.05 Å². The van der Waals surface area contributed by atoms with Gasteiger partial charge in [0.05, 0.1) is 24.7 Å². The average molecular weight is 243 g/mol. The minimum atomic E-state index is 0.775. The van der Waals surface area contributed by atoms with E-state index in [0.717, 1.165) is 28.4 Å². The Morgan fingerprint density at radius 1 is 1.33 bits per heavy atom. The first kappa shape index (κ1) is 12.4. The Balaban J connectivity index is 2.45. The van der Waals surface area contributed by atoms with Gasteiger partial charge >= 0.3 is 0 Å². The van der Waals surface area contributed by atoms with Gasteiger partial charge in [-0.05, 0) is 31.5 Å². The number of benzene rings is 1. The number of hydrogen-bond acceptors (Lipinski definition) is 3. The van der Waals surface area contributed by atoms with Crippen LogP contribution < -0.4 is 4.74 Å². The van der Waals surface area contributed by atoms with Gasteiger partial charge in [0.25, 0.3) is 0 Å². The smallest absolute Gasteiger partial charge is 0.144 e. The summed E-state index contributed by atoms with van der Waals surface area (Å²) in [4.78, 5) is 4.62. The van der Waals surface area contributed by atoms with Gasteiger partial charge in [0.15, 0.2) is 0 Å². The quantitative estimate of drug-likeness (QED) is 0.777. The van der Waals surface area contributed by atoms with E-state index in [4.69, 9.17) is 4.74 Å². The molecule has 0 amide bonds. The van der Waals surface area contributed by atoms with Gasteiger partial charge in [-0.1, -0.05) is 12.1 Å². The molecule has 18 heavy (non-hydrogen) atoms. The van der Waals surface area contributed by atoms with Crippen molar-refractivity contribution in [3.05, 3.63) is 41.7 Å². The van der Waals surface area contributed by atoms with Crippen molar-refractivity contribution in [3.63, 3.8) is 0 Å². The molecule has 0 unspecified atom stereocenters. The maximum absolute atomic E-state index is 5.29. The molecule has 1 aromatic carbocycles. The van der Waals surface area contributed by atoms with Crippen LogP contribution in [0.4, 0.5) is 5.69 Å². The molecule has 1 aromatic heterocycles. The largest absolute Gasteiger partial charge is 0.494 e. The highest BCUT2D eigenvalue weighted by atomic mass is 16.5. The Kier molecular flexibility index (Phi) is 3.46. The Bertz CT molecular complexity index is 565. The average Bonchev–Trinajstić information content (AvgIpc) is 2.69. The summed E-state index contributed by atoms with van der Waals surface area (Å²) in [5.74, 6) is 0.775. The Hall–Kier alpha value is -2.10. The third-order valence-electron chi connectivity index (χ3n) is 2.84. The van der Waals surface area contributed by atoms with Crippen molar-refractivity contribution in [1.82, 2.24) is 9.78 Å². The Labute approximate surface area is 107 Å². The predicted molar refractivity (Wildman–Crippen MR) is 72.8 cm³/mol. The van der Waals surface area contributed by atoms with Crippen LogP contribution in [0.15, 0.2) is 35.5 Å². The molecule has 0 spiro atoms. The standard InChI is InChI=1S/C14H17N3O/c1-10-9-15-17(3)14(10)11(2)16-12-7-5-6-8-13(12)18-4/h5-9H,1-4H3. The van der Waals surface area contributed by atoms with E-state index in [1.165, 1.54) is 0 Å². The normalized spacial score (nSPS) is 11.7. The maximum atomic E-state index is 5.29. The van der Waals surface area contributed by atoms with Crippen molar-refractivity contribution in [2.24, 2.45) is 12.0 Å².